The molecular formula is C23H29FN2O. The molecule has 0 aliphatic heterocycles. The molecule has 2 N–H and O–H groups in total. The first-order chi connectivity index (χ1) is 12.9. The molecule has 0 atom stereocenters. The Balaban J connectivity index is 1.80. The van der Waals surface area contributed by atoms with Gasteiger partial charge in [0.05, 0.1) is 6.10 Å². The predicted molar refractivity (Wildman–Crippen MR) is 110 cm³/mol. The Morgan fingerprint density at radius 1 is 1.30 bits per heavy atom. The Morgan fingerprint density at radius 3 is 2.74 bits per heavy atom. The van der Waals surface area contributed by atoms with Crippen LogP contribution in [0.15, 0.2) is 60.6 Å². The van der Waals surface area contributed by atoms with Gasteiger partial charge in [0.1, 0.15) is 5.83 Å². The number of anilines is 1. The van der Waals surface area contributed by atoms with Gasteiger partial charge in [0.25, 0.3) is 0 Å². The van der Waals surface area contributed by atoms with Gasteiger partial charge in [0.2, 0.25) is 0 Å². The van der Waals surface area contributed by atoms with E-state index in [-0.39, 0.29) is 6.10 Å². The Kier molecular flexibility index (Phi) is 6.17. The molecule has 0 unspecified atom stereocenters. The monoisotopic (exact) mass is 368 g/mol. The molecule has 0 radical (unpaired) electrons. The van der Waals surface area contributed by atoms with Crippen molar-refractivity contribution >= 4 is 5.69 Å². The first-order valence-corrected chi connectivity index (χ1v) is 9.66. The molecule has 0 amide bonds. The van der Waals surface area contributed by atoms with Crippen LogP contribution in [-0.4, -0.2) is 21.8 Å². The van der Waals surface area contributed by atoms with Crippen LogP contribution in [0.25, 0.3) is 5.69 Å². The van der Waals surface area contributed by atoms with Gasteiger partial charge in [-0.25, -0.2) is 4.39 Å². The Morgan fingerprint density at radius 2 is 2.04 bits per heavy atom. The van der Waals surface area contributed by atoms with Crippen LogP contribution in [0.1, 0.15) is 43.9 Å². The van der Waals surface area contributed by atoms with Gasteiger partial charge >= 0.3 is 0 Å². The summed E-state index contributed by atoms with van der Waals surface area (Å²) in [5, 5.41) is 13.4. The maximum absolute atomic E-state index is 13.0. The number of hydrogen-bond donors (Lipinski definition) is 2. The number of benzene rings is 1. The molecule has 0 saturated heterocycles. The van der Waals surface area contributed by atoms with Gasteiger partial charge in [-0.3, -0.25) is 0 Å². The molecule has 0 spiro atoms. The molecule has 1 aromatic heterocycles. The van der Waals surface area contributed by atoms with Crippen LogP contribution in [-0.2, 0) is 6.42 Å². The van der Waals surface area contributed by atoms with Gasteiger partial charge in [-0.2, -0.15) is 0 Å². The van der Waals surface area contributed by atoms with E-state index in [1.807, 2.05) is 19.2 Å². The van der Waals surface area contributed by atoms with E-state index in [9.17, 15) is 9.50 Å². The van der Waals surface area contributed by atoms with Crippen molar-refractivity contribution in [3.05, 3.63) is 71.8 Å². The van der Waals surface area contributed by atoms with E-state index < -0.39 is 5.83 Å². The fraction of sp³-hybridized carbons (Fsp3) is 0.391. The summed E-state index contributed by atoms with van der Waals surface area (Å²) in [7, 11) is 0. The Hall–Kier alpha value is -2.33. The number of aromatic nitrogens is 1. The summed E-state index contributed by atoms with van der Waals surface area (Å²) in [5.41, 5.74) is 5.49. The highest BCUT2D eigenvalue weighted by Crippen LogP contribution is 2.27. The highest BCUT2D eigenvalue weighted by Gasteiger charge is 2.19. The van der Waals surface area contributed by atoms with Crippen LogP contribution in [0, 0.1) is 6.92 Å². The lowest BCUT2D eigenvalue weighted by atomic mass is 9.93. The molecule has 4 heteroatoms. The highest BCUT2D eigenvalue weighted by atomic mass is 19.1. The van der Waals surface area contributed by atoms with Crippen LogP contribution >= 0.6 is 0 Å². The van der Waals surface area contributed by atoms with Crippen LogP contribution in [0.2, 0.25) is 0 Å². The van der Waals surface area contributed by atoms with Crippen molar-refractivity contribution in [2.45, 2.75) is 58.1 Å². The number of nitrogens with zero attached hydrogens (tertiary/aromatic N) is 1. The number of aryl methyl sites for hydroxylation is 1. The lowest BCUT2D eigenvalue weighted by molar-refractivity contribution is 0.126. The quantitative estimate of drug-likeness (QED) is 0.663. The van der Waals surface area contributed by atoms with E-state index in [1.165, 1.54) is 11.6 Å². The fourth-order valence-corrected chi connectivity index (χ4v) is 3.77. The lowest BCUT2D eigenvalue weighted by Crippen LogP contribution is -2.28. The third-order valence-electron chi connectivity index (χ3n) is 5.25. The summed E-state index contributed by atoms with van der Waals surface area (Å²) in [6.07, 6.45) is 7.78. The van der Waals surface area contributed by atoms with Gasteiger partial charge in [0.15, 0.2) is 0 Å². The first kappa shape index (κ1) is 19.4. The fourth-order valence-electron chi connectivity index (χ4n) is 3.77. The minimum Gasteiger partial charge on any atom is -0.393 e. The normalized spacial score (nSPS) is 20.5. The zero-order chi connectivity index (χ0) is 19.4. The van der Waals surface area contributed by atoms with E-state index >= 15 is 0 Å². The van der Waals surface area contributed by atoms with E-state index in [4.69, 9.17) is 0 Å². The second kappa shape index (κ2) is 8.57. The summed E-state index contributed by atoms with van der Waals surface area (Å²) in [6.45, 7) is 7.34. The van der Waals surface area contributed by atoms with Crippen molar-refractivity contribution in [3.8, 4) is 5.69 Å². The second-order valence-corrected chi connectivity index (χ2v) is 7.63. The van der Waals surface area contributed by atoms with Crippen molar-refractivity contribution < 1.29 is 9.50 Å². The summed E-state index contributed by atoms with van der Waals surface area (Å²) in [5.74, 6) is -0.412. The summed E-state index contributed by atoms with van der Waals surface area (Å²) < 4.78 is 15.2. The molecule has 1 aliphatic carbocycles. The maximum Gasteiger partial charge on any atom is 0.116 e. The molecule has 1 saturated carbocycles. The average Bonchev–Trinajstić information content (AvgIpc) is 3.06. The van der Waals surface area contributed by atoms with Gasteiger partial charge in [-0.05, 0) is 75.4 Å². The minimum absolute atomic E-state index is 0.144. The number of hydrogen-bond acceptors (Lipinski definition) is 2. The maximum atomic E-state index is 13.0. The van der Waals surface area contributed by atoms with Crippen molar-refractivity contribution in [2.24, 2.45) is 0 Å². The zero-order valence-corrected chi connectivity index (χ0v) is 16.2. The molecule has 3 rings (SSSR count). The van der Waals surface area contributed by atoms with Crippen LogP contribution in [0.4, 0.5) is 10.1 Å². The van der Waals surface area contributed by atoms with E-state index in [2.05, 4.69) is 47.7 Å². The number of rotatable bonds is 6. The Labute approximate surface area is 161 Å². The minimum atomic E-state index is -0.412. The van der Waals surface area contributed by atoms with E-state index in [1.54, 1.807) is 0 Å². The standard InChI is InChI=1S/C23H29FN2O/c1-16(13-18(3)24)14-20-5-4-12-26(20)21-9-6-17(2)23(15-21)25-19-7-10-22(27)11-8-19/h4-6,9,12-13,15,19,22,25,27H,3,7-8,10-11,14H2,1-2H3/b16-13+/t19-,22-. The van der Waals surface area contributed by atoms with Crippen LogP contribution in [0.5, 0.6) is 0 Å². The van der Waals surface area contributed by atoms with Crippen molar-refractivity contribution in [1.82, 2.24) is 4.57 Å². The van der Waals surface area contributed by atoms with Crippen molar-refractivity contribution in [3.63, 3.8) is 0 Å². The molecule has 3 nitrogen and oxygen atoms in total. The van der Waals surface area contributed by atoms with Gasteiger partial charge in [0, 0.05) is 35.7 Å². The first-order valence-electron chi connectivity index (χ1n) is 9.66. The third-order valence-corrected chi connectivity index (χ3v) is 5.25. The molecule has 144 valence electrons. The number of nitrogens with one attached hydrogen (secondary N) is 1. The predicted octanol–water partition coefficient (Wildman–Crippen LogP) is 5.47. The van der Waals surface area contributed by atoms with Crippen LogP contribution in [0.3, 0.4) is 0 Å². The number of aliphatic hydroxyl groups excluding tert-OH is 1. The molecule has 1 heterocycles. The van der Waals surface area contributed by atoms with Crippen molar-refractivity contribution in [1.29, 1.82) is 0 Å². The second-order valence-electron chi connectivity index (χ2n) is 7.63. The summed E-state index contributed by atoms with van der Waals surface area (Å²) in [4.78, 5) is 0. The zero-order valence-electron chi connectivity index (χ0n) is 16.2. The van der Waals surface area contributed by atoms with Gasteiger partial charge in [-0.15, -0.1) is 0 Å². The number of aliphatic hydroxyl groups is 1. The number of halogens is 1. The lowest BCUT2D eigenvalue weighted by Gasteiger charge is -2.28. The molecule has 27 heavy (non-hydrogen) atoms. The van der Waals surface area contributed by atoms with Crippen molar-refractivity contribution in [2.75, 3.05) is 5.32 Å². The van der Waals surface area contributed by atoms with E-state index in [0.29, 0.717) is 12.5 Å². The van der Waals surface area contributed by atoms with Crippen LogP contribution < -0.4 is 5.32 Å². The molecular weight excluding hydrogens is 339 g/mol. The summed E-state index contributed by atoms with van der Waals surface area (Å²) >= 11 is 0. The Bertz CT molecular complexity index is 829. The molecule has 1 aliphatic rings. The average molecular weight is 368 g/mol. The molecule has 1 aromatic carbocycles. The molecule has 2 aromatic rings. The molecule has 1 fully saturated rings. The topological polar surface area (TPSA) is 37.2 Å². The van der Waals surface area contributed by atoms with Gasteiger partial charge < -0.3 is 15.0 Å². The number of allylic oxidation sites excluding steroid dienone is 3. The summed E-state index contributed by atoms with van der Waals surface area (Å²) in [6, 6.07) is 10.9. The third kappa shape index (κ3) is 5.10. The molecule has 0 bridgehead atoms. The SMILES string of the molecule is C=C(F)/C=C(\C)Cc1cccn1-c1ccc(C)c(N[C@H]2CC[C@H](O)CC2)c1. The highest BCUT2D eigenvalue weighted by molar-refractivity contribution is 5.58. The van der Waals surface area contributed by atoms with Gasteiger partial charge in [-0.1, -0.05) is 18.2 Å². The largest absolute Gasteiger partial charge is 0.393 e. The smallest absolute Gasteiger partial charge is 0.116 e. The van der Waals surface area contributed by atoms with E-state index in [0.717, 1.165) is 48.3 Å².